The Morgan fingerprint density at radius 3 is 2.24 bits per heavy atom. The first-order chi connectivity index (χ1) is 9.79. The molecule has 0 heterocycles. The summed E-state index contributed by atoms with van der Waals surface area (Å²) in [6.45, 7) is 0. The van der Waals surface area contributed by atoms with Gasteiger partial charge < -0.3 is 0 Å². The molecule has 21 heavy (non-hydrogen) atoms. The Bertz CT molecular complexity index is 806. The van der Waals surface area contributed by atoms with E-state index in [0.717, 1.165) is 0 Å². The molecule has 1 amide bonds. The van der Waals surface area contributed by atoms with Crippen LogP contribution in [-0.2, 0) is 10.0 Å². The number of halogens is 3. The third kappa shape index (κ3) is 3.89. The van der Waals surface area contributed by atoms with E-state index in [1.165, 1.54) is 42.5 Å². The largest absolute Gasteiger partial charge is 0.268 e. The zero-order chi connectivity index (χ0) is 15.6. The van der Waals surface area contributed by atoms with Gasteiger partial charge in [0.2, 0.25) is 0 Å². The SMILES string of the molecule is O=C(NS(=O)(=O)c1cccc(Cl)c1)c1ccc(Cl)cc1Cl. The van der Waals surface area contributed by atoms with Crippen molar-refractivity contribution >= 4 is 50.7 Å². The fourth-order valence-electron chi connectivity index (χ4n) is 1.54. The van der Waals surface area contributed by atoms with Crippen molar-refractivity contribution < 1.29 is 13.2 Å². The van der Waals surface area contributed by atoms with Crippen LogP contribution in [0.25, 0.3) is 0 Å². The Morgan fingerprint density at radius 1 is 0.952 bits per heavy atom. The van der Waals surface area contributed by atoms with Crippen molar-refractivity contribution in [3.05, 3.63) is 63.1 Å². The molecule has 0 atom stereocenters. The molecule has 8 heteroatoms. The van der Waals surface area contributed by atoms with Gasteiger partial charge >= 0.3 is 0 Å². The van der Waals surface area contributed by atoms with Gasteiger partial charge in [0.1, 0.15) is 0 Å². The first-order valence-electron chi connectivity index (χ1n) is 5.57. The van der Waals surface area contributed by atoms with Gasteiger partial charge in [-0.1, -0.05) is 40.9 Å². The number of benzene rings is 2. The lowest BCUT2D eigenvalue weighted by Gasteiger charge is -2.08. The van der Waals surface area contributed by atoms with E-state index in [0.29, 0.717) is 5.02 Å². The Morgan fingerprint density at radius 2 is 1.62 bits per heavy atom. The molecule has 110 valence electrons. The molecular formula is C13H8Cl3NO3S. The van der Waals surface area contributed by atoms with E-state index in [2.05, 4.69) is 0 Å². The minimum absolute atomic E-state index is 0.00618. The van der Waals surface area contributed by atoms with Gasteiger partial charge in [0.15, 0.2) is 0 Å². The van der Waals surface area contributed by atoms with Crippen molar-refractivity contribution in [3.63, 3.8) is 0 Å². The summed E-state index contributed by atoms with van der Waals surface area (Å²) in [5, 5.41) is 0.644. The number of amides is 1. The van der Waals surface area contributed by atoms with Crippen LogP contribution in [0.3, 0.4) is 0 Å². The molecule has 0 radical (unpaired) electrons. The summed E-state index contributed by atoms with van der Waals surface area (Å²) in [7, 11) is -4.03. The summed E-state index contributed by atoms with van der Waals surface area (Å²) < 4.78 is 26.1. The summed E-state index contributed by atoms with van der Waals surface area (Å²) in [6.07, 6.45) is 0. The van der Waals surface area contributed by atoms with E-state index >= 15 is 0 Å². The minimum Gasteiger partial charge on any atom is -0.268 e. The Balaban J connectivity index is 2.30. The monoisotopic (exact) mass is 363 g/mol. The van der Waals surface area contributed by atoms with Crippen molar-refractivity contribution in [3.8, 4) is 0 Å². The van der Waals surface area contributed by atoms with Crippen LogP contribution >= 0.6 is 34.8 Å². The summed E-state index contributed by atoms with van der Waals surface area (Å²) >= 11 is 17.3. The van der Waals surface area contributed by atoms with E-state index in [-0.39, 0.29) is 20.5 Å². The normalized spacial score (nSPS) is 11.2. The molecule has 2 rings (SSSR count). The zero-order valence-electron chi connectivity index (χ0n) is 10.3. The number of carbonyl (C=O) groups is 1. The van der Waals surface area contributed by atoms with Crippen molar-refractivity contribution in [1.82, 2.24) is 4.72 Å². The van der Waals surface area contributed by atoms with Crippen LogP contribution < -0.4 is 4.72 Å². The highest BCUT2D eigenvalue weighted by molar-refractivity contribution is 7.90. The van der Waals surface area contributed by atoms with Gasteiger partial charge in [-0.3, -0.25) is 4.79 Å². The number of rotatable bonds is 3. The van der Waals surface area contributed by atoms with Crippen molar-refractivity contribution in [2.75, 3.05) is 0 Å². The number of hydrogen-bond acceptors (Lipinski definition) is 3. The molecule has 0 aromatic heterocycles. The molecule has 2 aromatic rings. The smallest absolute Gasteiger partial charge is 0.266 e. The molecule has 0 fully saturated rings. The lowest BCUT2D eigenvalue weighted by Crippen LogP contribution is -2.30. The van der Waals surface area contributed by atoms with Gasteiger partial charge in [-0.25, -0.2) is 13.1 Å². The van der Waals surface area contributed by atoms with Crippen LogP contribution in [0.2, 0.25) is 15.1 Å². The van der Waals surface area contributed by atoms with Gasteiger partial charge in [-0.15, -0.1) is 0 Å². The minimum atomic E-state index is -4.03. The van der Waals surface area contributed by atoms with E-state index in [1.54, 1.807) is 0 Å². The second-order valence-electron chi connectivity index (χ2n) is 4.02. The average molecular weight is 365 g/mol. The third-order valence-corrected chi connectivity index (χ3v) is 4.62. The number of carbonyl (C=O) groups excluding carboxylic acids is 1. The third-order valence-electron chi connectivity index (χ3n) is 2.51. The summed E-state index contributed by atoms with van der Waals surface area (Å²) in [5.41, 5.74) is 0.00618. The van der Waals surface area contributed by atoms with E-state index in [4.69, 9.17) is 34.8 Å². The van der Waals surface area contributed by atoms with Crippen LogP contribution in [0.5, 0.6) is 0 Å². The van der Waals surface area contributed by atoms with Crippen molar-refractivity contribution in [2.45, 2.75) is 4.90 Å². The van der Waals surface area contributed by atoms with Gasteiger partial charge in [-0.05, 0) is 36.4 Å². The molecule has 0 aliphatic heterocycles. The second kappa shape index (κ2) is 6.23. The first kappa shape index (κ1) is 16.1. The molecule has 2 aromatic carbocycles. The number of sulfonamides is 1. The van der Waals surface area contributed by atoms with Gasteiger partial charge in [0, 0.05) is 10.0 Å². The predicted molar refractivity (Wildman–Crippen MR) is 82.6 cm³/mol. The lowest BCUT2D eigenvalue weighted by molar-refractivity contribution is 0.0981. The topological polar surface area (TPSA) is 63.2 Å². The molecule has 0 aliphatic rings. The van der Waals surface area contributed by atoms with Crippen molar-refractivity contribution in [1.29, 1.82) is 0 Å². The van der Waals surface area contributed by atoms with Crippen LogP contribution in [0, 0.1) is 0 Å². The second-order valence-corrected chi connectivity index (χ2v) is 6.98. The molecule has 0 spiro atoms. The average Bonchev–Trinajstić information content (AvgIpc) is 2.37. The Hall–Kier alpha value is -1.27. The lowest BCUT2D eigenvalue weighted by atomic mass is 10.2. The Kier molecular flexibility index (Phi) is 4.78. The molecule has 4 nitrogen and oxygen atoms in total. The Labute approximate surface area is 136 Å². The standard InChI is InChI=1S/C13H8Cl3NO3S/c14-8-2-1-3-10(6-8)21(19,20)17-13(18)11-5-4-9(15)7-12(11)16/h1-7H,(H,17,18). The quantitative estimate of drug-likeness (QED) is 0.902. The number of hydrogen-bond donors (Lipinski definition) is 1. The van der Waals surface area contributed by atoms with Crippen molar-refractivity contribution in [2.24, 2.45) is 0 Å². The van der Waals surface area contributed by atoms with Crippen LogP contribution in [0.4, 0.5) is 0 Å². The van der Waals surface area contributed by atoms with Crippen LogP contribution in [0.15, 0.2) is 47.4 Å². The zero-order valence-corrected chi connectivity index (χ0v) is 13.4. The maximum atomic E-state index is 12.1. The number of nitrogens with one attached hydrogen (secondary N) is 1. The fraction of sp³-hybridized carbons (Fsp3) is 0. The fourth-order valence-corrected chi connectivity index (χ4v) is 3.30. The predicted octanol–water partition coefficient (Wildman–Crippen LogP) is 3.77. The molecule has 0 saturated carbocycles. The van der Waals surface area contributed by atoms with Crippen LogP contribution in [-0.4, -0.2) is 14.3 Å². The molecule has 0 saturated heterocycles. The highest BCUT2D eigenvalue weighted by Crippen LogP contribution is 2.22. The summed E-state index contributed by atoms with van der Waals surface area (Å²) in [5.74, 6) is -0.850. The maximum Gasteiger partial charge on any atom is 0.266 e. The molecular weight excluding hydrogens is 357 g/mol. The van der Waals surface area contributed by atoms with Gasteiger partial charge in [0.05, 0.1) is 15.5 Å². The highest BCUT2D eigenvalue weighted by Gasteiger charge is 2.20. The van der Waals surface area contributed by atoms with E-state index in [1.807, 2.05) is 4.72 Å². The molecule has 0 aliphatic carbocycles. The first-order valence-corrected chi connectivity index (χ1v) is 8.19. The summed E-state index contributed by atoms with van der Waals surface area (Å²) in [6, 6.07) is 9.69. The summed E-state index contributed by atoms with van der Waals surface area (Å²) in [4.78, 5) is 11.9. The maximum absolute atomic E-state index is 12.1. The van der Waals surface area contributed by atoms with Crippen LogP contribution in [0.1, 0.15) is 10.4 Å². The molecule has 0 unspecified atom stereocenters. The van der Waals surface area contributed by atoms with E-state index < -0.39 is 15.9 Å². The molecule has 1 N–H and O–H groups in total. The highest BCUT2D eigenvalue weighted by atomic mass is 35.5. The van der Waals surface area contributed by atoms with Gasteiger partial charge in [0.25, 0.3) is 15.9 Å². The molecule has 0 bridgehead atoms. The van der Waals surface area contributed by atoms with Gasteiger partial charge in [-0.2, -0.15) is 0 Å². The van der Waals surface area contributed by atoms with E-state index in [9.17, 15) is 13.2 Å².